The molecule has 3 nitrogen and oxygen atoms in total. The molecule has 2 rings (SSSR count). The molecule has 0 atom stereocenters. The van der Waals surface area contributed by atoms with Crippen molar-refractivity contribution in [1.29, 1.82) is 0 Å². The molecule has 0 aliphatic heterocycles. The van der Waals surface area contributed by atoms with E-state index in [1.165, 1.54) is 29.7 Å². The quantitative estimate of drug-likeness (QED) is 0.762. The van der Waals surface area contributed by atoms with Gasteiger partial charge in [-0.25, -0.2) is 0 Å². The number of nitrogens with one attached hydrogen (secondary N) is 2. The van der Waals surface area contributed by atoms with Crippen LogP contribution in [0.1, 0.15) is 35.9 Å². The van der Waals surface area contributed by atoms with Crippen LogP contribution in [-0.4, -0.2) is 10.9 Å². The normalized spacial score (nSPS) is 10.6. The van der Waals surface area contributed by atoms with Gasteiger partial charge in [-0.15, -0.1) is 11.3 Å². The Labute approximate surface area is 134 Å². The number of carbonyl (C=O) groups excluding carboxylic acids is 1. The van der Waals surface area contributed by atoms with E-state index in [4.69, 9.17) is 12.2 Å². The minimum atomic E-state index is -0.00958. The molecule has 0 unspecified atom stereocenters. The van der Waals surface area contributed by atoms with E-state index in [0.29, 0.717) is 6.42 Å². The van der Waals surface area contributed by atoms with Gasteiger partial charge in [0.1, 0.15) is 0 Å². The lowest BCUT2D eigenvalue weighted by Crippen LogP contribution is -2.14. The molecule has 5 heteroatoms. The SMILES string of the molecule is CCCCc1ccc(NC(=O)Cc2sc(=S)[nH]c2C)cc1. The van der Waals surface area contributed by atoms with Gasteiger partial charge in [0.15, 0.2) is 3.95 Å². The van der Waals surface area contributed by atoms with E-state index in [0.717, 1.165) is 26.6 Å². The Morgan fingerprint density at radius 1 is 1.33 bits per heavy atom. The molecule has 0 saturated carbocycles. The average molecular weight is 320 g/mol. The van der Waals surface area contributed by atoms with E-state index in [1.807, 2.05) is 19.1 Å². The summed E-state index contributed by atoms with van der Waals surface area (Å²) in [5, 5.41) is 2.93. The predicted molar refractivity (Wildman–Crippen MR) is 91.6 cm³/mol. The van der Waals surface area contributed by atoms with E-state index in [-0.39, 0.29) is 5.91 Å². The molecule has 1 heterocycles. The fraction of sp³-hybridized carbons (Fsp3) is 0.375. The van der Waals surface area contributed by atoms with Gasteiger partial charge >= 0.3 is 0 Å². The summed E-state index contributed by atoms with van der Waals surface area (Å²) in [5.41, 5.74) is 3.14. The smallest absolute Gasteiger partial charge is 0.229 e. The molecule has 0 spiro atoms. The maximum atomic E-state index is 12.0. The van der Waals surface area contributed by atoms with E-state index in [1.54, 1.807) is 0 Å². The average Bonchev–Trinajstić information content (AvgIpc) is 2.76. The van der Waals surface area contributed by atoms with Gasteiger partial charge in [-0.05, 0) is 49.7 Å². The van der Waals surface area contributed by atoms with Crippen LogP contribution in [0.25, 0.3) is 0 Å². The van der Waals surface area contributed by atoms with Gasteiger partial charge < -0.3 is 10.3 Å². The summed E-state index contributed by atoms with van der Waals surface area (Å²) >= 11 is 6.55. The molecular weight excluding hydrogens is 300 g/mol. The number of benzene rings is 1. The second kappa shape index (κ2) is 7.52. The van der Waals surface area contributed by atoms with Crippen LogP contribution >= 0.6 is 23.6 Å². The molecule has 1 aromatic carbocycles. The highest BCUT2D eigenvalue weighted by atomic mass is 32.1. The first-order valence-electron chi connectivity index (χ1n) is 7.16. The van der Waals surface area contributed by atoms with E-state index in [9.17, 15) is 4.79 Å². The zero-order valence-corrected chi connectivity index (χ0v) is 14.0. The van der Waals surface area contributed by atoms with Crippen LogP contribution in [0.3, 0.4) is 0 Å². The molecule has 1 amide bonds. The lowest BCUT2D eigenvalue weighted by molar-refractivity contribution is -0.115. The van der Waals surface area contributed by atoms with E-state index >= 15 is 0 Å². The largest absolute Gasteiger partial charge is 0.341 e. The Hall–Kier alpha value is -1.46. The monoisotopic (exact) mass is 320 g/mol. The van der Waals surface area contributed by atoms with Crippen molar-refractivity contribution < 1.29 is 4.79 Å². The van der Waals surface area contributed by atoms with E-state index in [2.05, 4.69) is 29.4 Å². The van der Waals surface area contributed by atoms with Crippen molar-refractivity contribution in [2.75, 3.05) is 5.32 Å². The van der Waals surface area contributed by atoms with Gasteiger partial charge in [-0.2, -0.15) is 0 Å². The van der Waals surface area contributed by atoms with Gasteiger partial charge in [0.2, 0.25) is 5.91 Å². The number of H-pyrrole nitrogens is 1. The Bertz CT molecular complexity index is 656. The molecule has 21 heavy (non-hydrogen) atoms. The van der Waals surface area contributed by atoms with Crippen molar-refractivity contribution in [2.45, 2.75) is 39.5 Å². The number of anilines is 1. The van der Waals surface area contributed by atoms with Gasteiger partial charge in [0, 0.05) is 16.3 Å². The highest BCUT2D eigenvalue weighted by molar-refractivity contribution is 7.73. The molecular formula is C16H20N2OS2. The maximum absolute atomic E-state index is 12.0. The first kappa shape index (κ1) is 15.9. The van der Waals surface area contributed by atoms with Crippen LogP contribution in [0.15, 0.2) is 24.3 Å². The second-order valence-electron chi connectivity index (χ2n) is 5.09. The molecule has 2 aromatic rings. The molecule has 2 N–H and O–H groups in total. The van der Waals surface area contributed by atoms with Crippen LogP contribution in [0, 0.1) is 10.9 Å². The fourth-order valence-corrected chi connectivity index (χ4v) is 3.38. The predicted octanol–water partition coefficient (Wildman–Crippen LogP) is 4.64. The van der Waals surface area contributed by atoms with Gasteiger partial charge in [0.25, 0.3) is 0 Å². The molecule has 0 bridgehead atoms. The summed E-state index contributed by atoms with van der Waals surface area (Å²) in [7, 11) is 0. The first-order chi connectivity index (χ1) is 10.1. The maximum Gasteiger partial charge on any atom is 0.229 e. The number of aromatic amines is 1. The third-order valence-electron chi connectivity index (χ3n) is 3.30. The molecule has 112 valence electrons. The Morgan fingerprint density at radius 2 is 2.05 bits per heavy atom. The number of hydrogen-bond donors (Lipinski definition) is 2. The highest BCUT2D eigenvalue weighted by Crippen LogP contribution is 2.17. The van der Waals surface area contributed by atoms with Crippen molar-refractivity contribution in [3.05, 3.63) is 44.4 Å². The number of thiazole rings is 1. The molecule has 0 aliphatic rings. The zero-order chi connectivity index (χ0) is 15.2. The topological polar surface area (TPSA) is 44.9 Å². The number of aromatic nitrogens is 1. The van der Waals surface area contributed by atoms with Gasteiger partial charge in [0.05, 0.1) is 6.42 Å². The number of rotatable bonds is 6. The standard InChI is InChI=1S/C16H20N2OS2/c1-3-4-5-12-6-8-13(9-7-12)18-15(19)10-14-11(2)17-16(20)21-14/h6-9H,3-5,10H2,1-2H3,(H,17,20)(H,18,19). The third-order valence-corrected chi connectivity index (χ3v) is 4.64. The highest BCUT2D eigenvalue weighted by Gasteiger charge is 2.09. The minimum absolute atomic E-state index is 0.00958. The van der Waals surface area contributed by atoms with Crippen molar-refractivity contribution >= 4 is 35.1 Å². The minimum Gasteiger partial charge on any atom is -0.341 e. The first-order valence-corrected chi connectivity index (χ1v) is 8.38. The summed E-state index contributed by atoms with van der Waals surface area (Å²) in [4.78, 5) is 16.1. The lowest BCUT2D eigenvalue weighted by atomic mass is 10.1. The number of hydrogen-bond acceptors (Lipinski definition) is 3. The summed E-state index contributed by atoms with van der Waals surface area (Å²) in [6, 6.07) is 8.09. The molecule has 0 fully saturated rings. The number of carbonyl (C=O) groups is 1. The van der Waals surface area contributed by atoms with Gasteiger partial charge in [-0.1, -0.05) is 25.5 Å². The summed E-state index contributed by atoms with van der Waals surface area (Å²) in [5.74, 6) is -0.00958. The summed E-state index contributed by atoms with van der Waals surface area (Å²) in [6.07, 6.45) is 3.85. The number of unbranched alkanes of at least 4 members (excludes halogenated alkanes) is 1. The van der Waals surface area contributed by atoms with Crippen LogP contribution in [0.4, 0.5) is 5.69 Å². The Balaban J connectivity index is 1.93. The van der Waals surface area contributed by atoms with Crippen molar-refractivity contribution in [1.82, 2.24) is 4.98 Å². The Kier molecular flexibility index (Phi) is 5.70. The molecule has 1 aromatic heterocycles. The van der Waals surface area contributed by atoms with Crippen molar-refractivity contribution in [3.8, 4) is 0 Å². The Morgan fingerprint density at radius 3 is 2.62 bits per heavy atom. The van der Waals surface area contributed by atoms with Crippen molar-refractivity contribution in [2.24, 2.45) is 0 Å². The lowest BCUT2D eigenvalue weighted by Gasteiger charge is -2.06. The molecule has 0 radical (unpaired) electrons. The molecule has 0 aliphatic carbocycles. The van der Waals surface area contributed by atoms with Crippen LogP contribution in [-0.2, 0) is 17.6 Å². The molecule has 0 saturated heterocycles. The van der Waals surface area contributed by atoms with Crippen molar-refractivity contribution in [3.63, 3.8) is 0 Å². The second-order valence-corrected chi connectivity index (χ2v) is 6.86. The fourth-order valence-electron chi connectivity index (χ4n) is 2.09. The summed E-state index contributed by atoms with van der Waals surface area (Å²) in [6.45, 7) is 4.13. The van der Waals surface area contributed by atoms with Crippen LogP contribution in [0.2, 0.25) is 0 Å². The summed E-state index contributed by atoms with van der Waals surface area (Å²) < 4.78 is 0.718. The number of amides is 1. The van der Waals surface area contributed by atoms with Crippen LogP contribution in [0.5, 0.6) is 0 Å². The zero-order valence-electron chi connectivity index (χ0n) is 12.4. The van der Waals surface area contributed by atoms with E-state index < -0.39 is 0 Å². The van der Waals surface area contributed by atoms with Gasteiger partial charge in [-0.3, -0.25) is 4.79 Å². The third kappa shape index (κ3) is 4.79. The van der Waals surface area contributed by atoms with Crippen LogP contribution < -0.4 is 5.32 Å². The number of aryl methyl sites for hydroxylation is 2.